The molecule has 0 aliphatic carbocycles. The zero-order valence-electron chi connectivity index (χ0n) is 13.4. The van der Waals surface area contributed by atoms with Gasteiger partial charge in [-0.05, 0) is 18.6 Å². The summed E-state index contributed by atoms with van der Waals surface area (Å²) >= 11 is 0. The van der Waals surface area contributed by atoms with Gasteiger partial charge in [0.2, 0.25) is 15.9 Å². The smallest absolute Gasteiger partial charge is 0.246 e. The molecule has 1 unspecified atom stereocenters. The second kappa shape index (κ2) is 7.54. The Kier molecular flexibility index (Phi) is 5.89. The van der Waals surface area contributed by atoms with Gasteiger partial charge in [0.15, 0.2) is 0 Å². The molecule has 134 valence electrons. The Bertz CT molecular complexity index is 704. The van der Waals surface area contributed by atoms with Crippen LogP contribution in [0.15, 0.2) is 23.1 Å². The first-order chi connectivity index (χ1) is 11.3. The second-order valence-corrected chi connectivity index (χ2v) is 7.61. The first-order valence-electron chi connectivity index (χ1n) is 7.77. The highest BCUT2D eigenvalue weighted by Gasteiger charge is 2.33. The summed E-state index contributed by atoms with van der Waals surface area (Å²) in [6.45, 7) is 2.40. The molecule has 1 aromatic rings. The predicted molar refractivity (Wildman–Crippen MR) is 84.6 cm³/mol. The monoisotopic (exact) mass is 361 g/mol. The van der Waals surface area contributed by atoms with Crippen molar-refractivity contribution in [2.75, 3.05) is 26.2 Å². The number of carbonyl (C=O) groups is 1. The third-order valence-corrected chi connectivity index (χ3v) is 5.91. The average Bonchev–Trinajstić information content (AvgIpc) is 2.54. The number of amides is 1. The van der Waals surface area contributed by atoms with Crippen molar-refractivity contribution in [3.05, 3.63) is 29.8 Å². The van der Waals surface area contributed by atoms with Gasteiger partial charge < -0.3 is 10.6 Å². The van der Waals surface area contributed by atoms with Gasteiger partial charge in [-0.15, -0.1) is 0 Å². The Morgan fingerprint density at radius 1 is 1.25 bits per heavy atom. The van der Waals surface area contributed by atoms with Crippen LogP contribution in [0.5, 0.6) is 0 Å². The Morgan fingerprint density at radius 3 is 2.42 bits per heavy atom. The fourth-order valence-electron chi connectivity index (χ4n) is 2.64. The summed E-state index contributed by atoms with van der Waals surface area (Å²) in [7, 11) is -4.07. The van der Waals surface area contributed by atoms with Gasteiger partial charge >= 0.3 is 0 Å². The van der Waals surface area contributed by atoms with Gasteiger partial charge in [0.05, 0.1) is 6.04 Å². The number of piperazine rings is 1. The zero-order chi connectivity index (χ0) is 17.9. The minimum absolute atomic E-state index is 0.0454. The van der Waals surface area contributed by atoms with E-state index in [2.05, 4.69) is 0 Å². The SMILES string of the molecule is CCCC(N)C(=O)N1CCN(S(=O)(=O)c2ccc(F)cc2F)CC1. The minimum atomic E-state index is -4.07. The number of hydrogen-bond donors (Lipinski definition) is 1. The molecule has 0 aromatic heterocycles. The summed E-state index contributed by atoms with van der Waals surface area (Å²) in [4.78, 5) is 13.1. The quantitative estimate of drug-likeness (QED) is 0.845. The molecule has 1 aromatic carbocycles. The van der Waals surface area contributed by atoms with Crippen molar-refractivity contribution in [1.29, 1.82) is 0 Å². The summed E-state index contributed by atoms with van der Waals surface area (Å²) < 4.78 is 52.8. The Labute approximate surface area is 140 Å². The van der Waals surface area contributed by atoms with Crippen molar-refractivity contribution in [3.8, 4) is 0 Å². The van der Waals surface area contributed by atoms with Gasteiger partial charge in [0, 0.05) is 32.2 Å². The van der Waals surface area contributed by atoms with E-state index in [-0.39, 0.29) is 32.1 Å². The van der Waals surface area contributed by atoms with E-state index in [9.17, 15) is 22.0 Å². The van der Waals surface area contributed by atoms with Crippen molar-refractivity contribution in [3.63, 3.8) is 0 Å². The maximum Gasteiger partial charge on any atom is 0.246 e. The van der Waals surface area contributed by atoms with Crippen LogP contribution in [0.25, 0.3) is 0 Å². The molecule has 9 heteroatoms. The lowest BCUT2D eigenvalue weighted by Crippen LogP contribution is -2.54. The summed E-state index contributed by atoms with van der Waals surface area (Å²) in [5.74, 6) is -2.17. The topological polar surface area (TPSA) is 83.7 Å². The van der Waals surface area contributed by atoms with Crippen LogP contribution in [0.1, 0.15) is 19.8 Å². The molecule has 0 spiro atoms. The van der Waals surface area contributed by atoms with Gasteiger partial charge in [-0.3, -0.25) is 4.79 Å². The van der Waals surface area contributed by atoms with Crippen LogP contribution in [-0.4, -0.2) is 55.8 Å². The summed E-state index contributed by atoms with van der Waals surface area (Å²) in [6.07, 6.45) is 1.35. The van der Waals surface area contributed by atoms with Gasteiger partial charge in [-0.1, -0.05) is 13.3 Å². The molecule has 2 N–H and O–H groups in total. The molecule has 1 atom stereocenters. The number of hydrogen-bond acceptors (Lipinski definition) is 4. The van der Waals surface area contributed by atoms with Gasteiger partial charge in [0.25, 0.3) is 0 Å². The largest absolute Gasteiger partial charge is 0.339 e. The van der Waals surface area contributed by atoms with E-state index in [0.717, 1.165) is 22.9 Å². The molecule has 2 rings (SSSR count). The molecule has 0 bridgehead atoms. The molecule has 6 nitrogen and oxygen atoms in total. The molecule has 1 fully saturated rings. The van der Waals surface area contributed by atoms with Gasteiger partial charge in [0.1, 0.15) is 16.5 Å². The number of nitrogens with two attached hydrogens (primary N) is 1. The van der Waals surface area contributed by atoms with E-state index in [1.54, 1.807) is 0 Å². The number of sulfonamides is 1. The molecule has 1 amide bonds. The van der Waals surface area contributed by atoms with Crippen molar-refractivity contribution < 1.29 is 22.0 Å². The molecule has 1 heterocycles. The number of carbonyl (C=O) groups excluding carboxylic acids is 1. The highest BCUT2D eigenvalue weighted by Crippen LogP contribution is 2.21. The molecule has 24 heavy (non-hydrogen) atoms. The van der Waals surface area contributed by atoms with Crippen LogP contribution in [0, 0.1) is 11.6 Å². The first-order valence-corrected chi connectivity index (χ1v) is 9.21. The molecule has 0 saturated carbocycles. The fourth-order valence-corrected chi connectivity index (χ4v) is 4.11. The van der Waals surface area contributed by atoms with E-state index < -0.39 is 32.6 Å². The molecule has 0 radical (unpaired) electrons. The fraction of sp³-hybridized carbons (Fsp3) is 0.533. The molecule has 1 saturated heterocycles. The van der Waals surface area contributed by atoms with Crippen molar-refractivity contribution in [2.45, 2.75) is 30.7 Å². The van der Waals surface area contributed by atoms with E-state index in [1.165, 1.54) is 4.90 Å². The van der Waals surface area contributed by atoms with Crippen molar-refractivity contribution >= 4 is 15.9 Å². The Morgan fingerprint density at radius 2 is 1.88 bits per heavy atom. The molecular weight excluding hydrogens is 340 g/mol. The van der Waals surface area contributed by atoms with Crippen LogP contribution < -0.4 is 5.73 Å². The highest BCUT2D eigenvalue weighted by molar-refractivity contribution is 7.89. The van der Waals surface area contributed by atoms with E-state index >= 15 is 0 Å². The summed E-state index contributed by atoms with van der Waals surface area (Å²) in [5, 5.41) is 0. The number of benzene rings is 1. The van der Waals surface area contributed by atoms with E-state index in [1.807, 2.05) is 6.92 Å². The predicted octanol–water partition coefficient (Wildman–Crippen LogP) is 0.925. The Balaban J connectivity index is 2.07. The molecular formula is C15H21F2N3O3S. The number of halogens is 2. The number of nitrogens with zero attached hydrogens (tertiary/aromatic N) is 2. The molecule has 1 aliphatic rings. The van der Waals surface area contributed by atoms with Crippen LogP contribution in [-0.2, 0) is 14.8 Å². The first kappa shape index (κ1) is 18.8. The van der Waals surface area contributed by atoms with Crippen LogP contribution in [0.2, 0.25) is 0 Å². The standard InChI is InChI=1S/C15H21F2N3O3S/c1-2-3-13(18)15(21)19-6-8-20(9-7-19)24(22,23)14-5-4-11(16)10-12(14)17/h4-5,10,13H,2-3,6-9,18H2,1H3. The maximum atomic E-state index is 13.8. The number of rotatable bonds is 5. The Hall–Kier alpha value is -1.58. The van der Waals surface area contributed by atoms with Crippen LogP contribution >= 0.6 is 0 Å². The summed E-state index contributed by atoms with van der Waals surface area (Å²) in [6, 6.07) is 1.76. The third-order valence-electron chi connectivity index (χ3n) is 3.98. The van der Waals surface area contributed by atoms with Crippen molar-refractivity contribution in [1.82, 2.24) is 9.21 Å². The van der Waals surface area contributed by atoms with E-state index in [0.29, 0.717) is 12.5 Å². The average molecular weight is 361 g/mol. The lowest BCUT2D eigenvalue weighted by atomic mass is 10.1. The normalized spacial score (nSPS) is 17.8. The second-order valence-electron chi connectivity index (χ2n) is 5.70. The maximum absolute atomic E-state index is 13.8. The van der Waals surface area contributed by atoms with Crippen LogP contribution in [0.4, 0.5) is 8.78 Å². The van der Waals surface area contributed by atoms with E-state index in [4.69, 9.17) is 5.73 Å². The lowest BCUT2D eigenvalue weighted by Gasteiger charge is -2.35. The highest BCUT2D eigenvalue weighted by atomic mass is 32.2. The molecule has 1 aliphatic heterocycles. The lowest BCUT2D eigenvalue weighted by molar-refractivity contribution is -0.133. The summed E-state index contributed by atoms with van der Waals surface area (Å²) in [5.41, 5.74) is 5.80. The van der Waals surface area contributed by atoms with Gasteiger partial charge in [-0.25, -0.2) is 17.2 Å². The third kappa shape index (κ3) is 3.90. The zero-order valence-corrected chi connectivity index (χ0v) is 14.2. The minimum Gasteiger partial charge on any atom is -0.339 e. The van der Waals surface area contributed by atoms with Crippen LogP contribution in [0.3, 0.4) is 0 Å². The van der Waals surface area contributed by atoms with Gasteiger partial charge in [-0.2, -0.15) is 4.31 Å². The van der Waals surface area contributed by atoms with Crippen molar-refractivity contribution in [2.24, 2.45) is 5.73 Å².